The van der Waals surface area contributed by atoms with Gasteiger partial charge in [0.05, 0.1) is 11.3 Å². The van der Waals surface area contributed by atoms with Gasteiger partial charge >= 0.3 is 6.03 Å². The molecule has 1 heterocycles. The van der Waals surface area contributed by atoms with Crippen LogP contribution in [0.15, 0.2) is 48.5 Å². The van der Waals surface area contributed by atoms with Gasteiger partial charge in [0, 0.05) is 38.9 Å². The van der Waals surface area contributed by atoms with Crippen molar-refractivity contribution < 1.29 is 9.59 Å². The van der Waals surface area contributed by atoms with Crippen LogP contribution in [0.3, 0.4) is 0 Å². The third-order valence-corrected chi connectivity index (χ3v) is 5.28. The van der Waals surface area contributed by atoms with E-state index in [-0.39, 0.29) is 11.9 Å². The molecule has 0 aliphatic carbocycles. The number of carbonyl (C=O) groups is 2. The van der Waals surface area contributed by atoms with Crippen LogP contribution in [0.4, 0.5) is 16.2 Å². The van der Waals surface area contributed by atoms with Crippen LogP contribution in [-0.4, -0.2) is 50.1 Å². The van der Waals surface area contributed by atoms with Crippen molar-refractivity contribution in [2.45, 2.75) is 26.2 Å². The van der Waals surface area contributed by atoms with Gasteiger partial charge in [-0.2, -0.15) is 0 Å². The molecule has 6 nitrogen and oxygen atoms in total. The highest BCUT2D eigenvalue weighted by Gasteiger charge is 2.24. The summed E-state index contributed by atoms with van der Waals surface area (Å²) in [7, 11) is 2.04. The molecular formula is C23H30N4O2. The number of nitrogens with one attached hydrogen (secondary N) is 2. The zero-order valence-electron chi connectivity index (χ0n) is 17.3. The molecule has 3 rings (SSSR count). The first kappa shape index (κ1) is 20.7. The van der Waals surface area contributed by atoms with Gasteiger partial charge in [0.15, 0.2) is 0 Å². The summed E-state index contributed by atoms with van der Waals surface area (Å²) < 4.78 is 0. The number of nitrogens with zero attached hydrogens (tertiary/aromatic N) is 2. The fourth-order valence-electron chi connectivity index (χ4n) is 3.63. The van der Waals surface area contributed by atoms with E-state index in [2.05, 4.69) is 27.7 Å². The average Bonchev–Trinajstić information content (AvgIpc) is 3.26. The Morgan fingerprint density at radius 3 is 2.48 bits per heavy atom. The largest absolute Gasteiger partial charge is 0.375 e. The minimum atomic E-state index is -0.284. The van der Waals surface area contributed by atoms with Crippen molar-refractivity contribution in [3.05, 3.63) is 59.7 Å². The maximum Gasteiger partial charge on any atom is 0.319 e. The third kappa shape index (κ3) is 5.50. The van der Waals surface area contributed by atoms with Crippen molar-refractivity contribution in [3.8, 4) is 0 Å². The monoisotopic (exact) mass is 394 g/mol. The zero-order valence-corrected chi connectivity index (χ0v) is 17.3. The van der Waals surface area contributed by atoms with E-state index in [0.717, 1.165) is 50.1 Å². The highest BCUT2D eigenvalue weighted by Crippen LogP contribution is 2.23. The number of benzene rings is 2. The van der Waals surface area contributed by atoms with Crippen LogP contribution in [0.2, 0.25) is 0 Å². The van der Waals surface area contributed by atoms with Gasteiger partial charge in [-0.1, -0.05) is 30.3 Å². The number of para-hydroxylation sites is 1. The second-order valence-electron chi connectivity index (χ2n) is 7.49. The van der Waals surface area contributed by atoms with Gasteiger partial charge in [0.1, 0.15) is 0 Å². The molecule has 1 fully saturated rings. The van der Waals surface area contributed by atoms with Gasteiger partial charge in [-0.05, 0) is 49.9 Å². The van der Waals surface area contributed by atoms with Crippen LogP contribution >= 0.6 is 0 Å². The molecule has 0 radical (unpaired) electrons. The molecule has 6 heteroatoms. The lowest BCUT2D eigenvalue weighted by Crippen LogP contribution is -2.33. The minimum absolute atomic E-state index is 0.000357. The topological polar surface area (TPSA) is 64.7 Å². The van der Waals surface area contributed by atoms with E-state index in [0.29, 0.717) is 17.8 Å². The van der Waals surface area contributed by atoms with Crippen molar-refractivity contribution in [3.63, 3.8) is 0 Å². The maximum absolute atomic E-state index is 12.9. The van der Waals surface area contributed by atoms with E-state index in [1.807, 2.05) is 49.2 Å². The number of hydrogen-bond acceptors (Lipinski definition) is 3. The van der Waals surface area contributed by atoms with Crippen molar-refractivity contribution in [2.75, 3.05) is 43.4 Å². The number of urea groups is 1. The second-order valence-corrected chi connectivity index (χ2v) is 7.49. The summed E-state index contributed by atoms with van der Waals surface area (Å²) in [5.41, 5.74) is 3.19. The molecule has 0 aromatic heterocycles. The van der Waals surface area contributed by atoms with Crippen molar-refractivity contribution >= 4 is 23.3 Å². The first-order valence-electron chi connectivity index (χ1n) is 10.3. The predicted molar refractivity (Wildman–Crippen MR) is 118 cm³/mol. The number of amides is 3. The van der Waals surface area contributed by atoms with Crippen LogP contribution in [0.5, 0.6) is 0 Å². The van der Waals surface area contributed by atoms with Crippen LogP contribution < -0.4 is 15.5 Å². The number of aryl methyl sites for hydroxylation is 1. The summed E-state index contributed by atoms with van der Waals surface area (Å²) in [5.74, 6) is 0.000357. The van der Waals surface area contributed by atoms with Gasteiger partial charge in [0.25, 0.3) is 5.91 Å². The third-order valence-electron chi connectivity index (χ3n) is 5.28. The molecule has 3 amide bonds. The SMILES string of the molecule is Cc1cccc(NC(=O)NCCCN(C)c2ccccc2)c1C(=O)N1CCCC1. The second kappa shape index (κ2) is 9.96. The molecule has 0 atom stereocenters. The molecule has 1 aliphatic heterocycles. The van der Waals surface area contributed by atoms with Gasteiger partial charge in [0.2, 0.25) is 0 Å². The Bertz CT molecular complexity index is 832. The highest BCUT2D eigenvalue weighted by molar-refractivity contribution is 6.04. The number of rotatable bonds is 7. The normalized spacial score (nSPS) is 13.2. The molecule has 2 aromatic carbocycles. The van der Waals surface area contributed by atoms with E-state index in [9.17, 15) is 9.59 Å². The Hall–Kier alpha value is -3.02. The molecule has 29 heavy (non-hydrogen) atoms. The minimum Gasteiger partial charge on any atom is -0.375 e. The Morgan fingerprint density at radius 2 is 1.76 bits per heavy atom. The molecule has 154 valence electrons. The summed E-state index contributed by atoms with van der Waals surface area (Å²) >= 11 is 0. The van der Waals surface area contributed by atoms with Gasteiger partial charge in [-0.3, -0.25) is 4.79 Å². The summed E-state index contributed by atoms with van der Waals surface area (Å²) in [6, 6.07) is 15.4. The Morgan fingerprint density at radius 1 is 1.03 bits per heavy atom. The average molecular weight is 395 g/mol. The smallest absolute Gasteiger partial charge is 0.319 e. The molecule has 1 aliphatic rings. The molecule has 1 saturated heterocycles. The van der Waals surface area contributed by atoms with Gasteiger partial charge in [-0.15, -0.1) is 0 Å². The van der Waals surface area contributed by atoms with E-state index in [1.54, 1.807) is 6.07 Å². The lowest BCUT2D eigenvalue weighted by molar-refractivity contribution is 0.0793. The van der Waals surface area contributed by atoms with Crippen LogP contribution in [0.25, 0.3) is 0 Å². The van der Waals surface area contributed by atoms with Crippen LogP contribution in [0, 0.1) is 6.92 Å². The Balaban J connectivity index is 1.51. The summed E-state index contributed by atoms with van der Waals surface area (Å²) in [5, 5.41) is 5.76. The lowest BCUT2D eigenvalue weighted by atomic mass is 10.1. The first-order chi connectivity index (χ1) is 14.1. The van der Waals surface area contributed by atoms with E-state index < -0.39 is 0 Å². The first-order valence-corrected chi connectivity index (χ1v) is 10.3. The number of anilines is 2. The van der Waals surface area contributed by atoms with E-state index in [4.69, 9.17) is 0 Å². The van der Waals surface area contributed by atoms with Crippen LogP contribution in [0.1, 0.15) is 35.2 Å². The standard InChI is InChI=1S/C23H30N4O2/c1-18-10-8-13-20(21(18)22(28)27-16-6-7-17-27)25-23(29)24-14-9-15-26(2)19-11-4-3-5-12-19/h3-5,8,10-13H,6-7,9,14-17H2,1-2H3,(H2,24,25,29). The molecule has 0 unspecified atom stereocenters. The molecule has 0 saturated carbocycles. The molecular weight excluding hydrogens is 364 g/mol. The number of likely N-dealkylation sites (tertiary alicyclic amines) is 1. The van der Waals surface area contributed by atoms with Crippen molar-refractivity contribution in [1.29, 1.82) is 0 Å². The van der Waals surface area contributed by atoms with E-state index >= 15 is 0 Å². The predicted octanol–water partition coefficient (Wildman–Crippen LogP) is 3.88. The summed E-state index contributed by atoms with van der Waals surface area (Å²) in [6.45, 7) is 4.88. The molecule has 0 bridgehead atoms. The zero-order chi connectivity index (χ0) is 20.6. The fourth-order valence-corrected chi connectivity index (χ4v) is 3.63. The van der Waals surface area contributed by atoms with Gasteiger partial charge < -0.3 is 20.4 Å². The Kier molecular flexibility index (Phi) is 7.11. The highest BCUT2D eigenvalue weighted by atomic mass is 16.2. The summed E-state index contributed by atoms with van der Waals surface area (Å²) in [4.78, 5) is 29.3. The lowest BCUT2D eigenvalue weighted by Gasteiger charge is -2.20. The molecule has 2 aromatic rings. The fraction of sp³-hybridized carbons (Fsp3) is 0.391. The summed E-state index contributed by atoms with van der Waals surface area (Å²) in [6.07, 6.45) is 2.91. The Labute approximate surface area is 172 Å². The van der Waals surface area contributed by atoms with E-state index in [1.165, 1.54) is 0 Å². The number of hydrogen-bond donors (Lipinski definition) is 2. The van der Waals surface area contributed by atoms with Crippen LogP contribution in [-0.2, 0) is 0 Å². The molecule has 2 N–H and O–H groups in total. The van der Waals surface area contributed by atoms with Crippen molar-refractivity contribution in [2.24, 2.45) is 0 Å². The quantitative estimate of drug-likeness (QED) is 0.701. The van der Waals surface area contributed by atoms with Crippen molar-refractivity contribution in [1.82, 2.24) is 10.2 Å². The molecule has 0 spiro atoms. The van der Waals surface area contributed by atoms with Gasteiger partial charge in [-0.25, -0.2) is 4.79 Å². The number of carbonyl (C=O) groups excluding carboxylic acids is 2. The maximum atomic E-state index is 12.9.